The van der Waals surface area contributed by atoms with Gasteiger partial charge in [-0.1, -0.05) is 59.9 Å². The highest BCUT2D eigenvalue weighted by atomic mass is 79.9. The third-order valence-corrected chi connectivity index (χ3v) is 6.44. The van der Waals surface area contributed by atoms with E-state index in [1.165, 1.54) is 4.68 Å². The summed E-state index contributed by atoms with van der Waals surface area (Å²) in [7, 11) is 0. The van der Waals surface area contributed by atoms with E-state index in [2.05, 4.69) is 21.0 Å². The van der Waals surface area contributed by atoms with E-state index in [1.54, 1.807) is 18.3 Å². The van der Waals surface area contributed by atoms with Crippen LogP contribution in [0.25, 0.3) is 16.6 Å². The molecule has 0 amide bonds. The van der Waals surface area contributed by atoms with Gasteiger partial charge >= 0.3 is 0 Å². The average molecular weight is 546 g/mol. The van der Waals surface area contributed by atoms with E-state index in [-0.39, 0.29) is 11.0 Å². The number of aromatic nitrogens is 3. The van der Waals surface area contributed by atoms with E-state index in [4.69, 9.17) is 28.2 Å². The molecule has 0 saturated heterocycles. The van der Waals surface area contributed by atoms with Gasteiger partial charge in [0.05, 0.1) is 27.8 Å². The van der Waals surface area contributed by atoms with E-state index >= 15 is 0 Å². The Bertz CT molecular complexity index is 1480. The largest absolute Gasteiger partial charge is 0.316 e. The van der Waals surface area contributed by atoms with E-state index in [9.17, 15) is 4.79 Å². The van der Waals surface area contributed by atoms with E-state index in [0.29, 0.717) is 26.8 Å². The Kier molecular flexibility index (Phi) is 6.29. The zero-order chi connectivity index (χ0) is 24.1. The molecule has 0 radical (unpaired) electrons. The van der Waals surface area contributed by atoms with Gasteiger partial charge in [-0.15, -0.1) is 0 Å². The molecule has 33 heavy (non-hydrogen) atoms. The second kappa shape index (κ2) is 8.75. The van der Waals surface area contributed by atoms with Crippen molar-refractivity contribution < 1.29 is 0 Å². The topological polar surface area (TPSA) is 52.2 Å². The van der Waals surface area contributed by atoms with Gasteiger partial charge in [-0.25, -0.2) is 4.98 Å². The van der Waals surface area contributed by atoms with Crippen LogP contribution in [0.1, 0.15) is 43.5 Å². The molecule has 0 bridgehead atoms. The monoisotopic (exact) mass is 544 g/mol. The van der Waals surface area contributed by atoms with Crippen molar-refractivity contribution in [2.45, 2.75) is 40.0 Å². The summed E-state index contributed by atoms with van der Waals surface area (Å²) in [5, 5.41) is 6.25. The van der Waals surface area contributed by atoms with Crippen LogP contribution in [-0.2, 0) is 5.41 Å². The van der Waals surface area contributed by atoms with E-state index < -0.39 is 0 Å². The number of rotatable bonds is 3. The van der Waals surface area contributed by atoms with Crippen LogP contribution in [0.4, 0.5) is 0 Å². The lowest BCUT2D eigenvalue weighted by molar-refractivity contribution is 0.506. The molecule has 2 aromatic carbocycles. The molecule has 4 rings (SSSR count). The molecule has 4 aromatic rings. The van der Waals surface area contributed by atoms with Crippen LogP contribution < -0.4 is 5.56 Å². The Morgan fingerprint density at radius 2 is 1.79 bits per heavy atom. The van der Waals surface area contributed by atoms with Gasteiger partial charge in [-0.3, -0.25) is 4.79 Å². The van der Waals surface area contributed by atoms with Crippen molar-refractivity contribution in [1.82, 2.24) is 14.2 Å². The smallest absolute Gasteiger partial charge is 0.282 e. The highest BCUT2D eigenvalue weighted by Gasteiger charge is 2.23. The van der Waals surface area contributed by atoms with Crippen LogP contribution in [0.15, 0.2) is 56.8 Å². The molecule has 2 aromatic heterocycles. The van der Waals surface area contributed by atoms with Gasteiger partial charge in [-0.05, 0) is 56.3 Å². The van der Waals surface area contributed by atoms with Crippen molar-refractivity contribution in [3.63, 3.8) is 0 Å². The van der Waals surface area contributed by atoms with Gasteiger partial charge in [0.15, 0.2) is 0 Å². The minimum absolute atomic E-state index is 0.211. The number of aryl methyl sites for hydroxylation is 1. The molecule has 2 heterocycles. The van der Waals surface area contributed by atoms with Gasteiger partial charge in [0.1, 0.15) is 5.82 Å². The fourth-order valence-corrected chi connectivity index (χ4v) is 4.67. The van der Waals surface area contributed by atoms with Crippen LogP contribution >= 0.6 is 39.1 Å². The second-order valence-corrected chi connectivity index (χ2v) is 10.7. The molecule has 0 atom stereocenters. The summed E-state index contributed by atoms with van der Waals surface area (Å²) in [5.74, 6) is 0.591. The van der Waals surface area contributed by atoms with Crippen LogP contribution in [0.5, 0.6) is 0 Å². The maximum Gasteiger partial charge on any atom is 0.282 e. The van der Waals surface area contributed by atoms with Crippen LogP contribution in [-0.4, -0.2) is 20.4 Å². The molecule has 0 aliphatic rings. The van der Waals surface area contributed by atoms with Crippen molar-refractivity contribution in [3.05, 3.63) is 90.1 Å². The molecule has 0 N–H and O–H groups in total. The Morgan fingerprint density at radius 1 is 1.06 bits per heavy atom. The molecule has 0 aliphatic carbocycles. The van der Waals surface area contributed by atoms with Crippen LogP contribution in [0.3, 0.4) is 0 Å². The SMILES string of the molecule is Cc1cc(C=Nn2c(C(C)(C)C)nc3ccc(Br)cc3c2=O)c(C)n1-c1ccc(Cl)cc1Cl. The minimum atomic E-state index is -0.383. The Morgan fingerprint density at radius 3 is 2.45 bits per heavy atom. The summed E-state index contributed by atoms with van der Waals surface area (Å²) in [6.45, 7) is 10.0. The first-order valence-electron chi connectivity index (χ1n) is 10.4. The molecule has 0 saturated carbocycles. The number of hydrogen-bond donors (Lipinski definition) is 0. The summed E-state index contributed by atoms with van der Waals surface area (Å²) < 4.78 is 4.26. The fraction of sp³-hybridized carbons (Fsp3) is 0.240. The summed E-state index contributed by atoms with van der Waals surface area (Å²) in [6, 6.07) is 12.9. The van der Waals surface area contributed by atoms with Crippen molar-refractivity contribution in [2.24, 2.45) is 5.10 Å². The number of halogens is 3. The average Bonchev–Trinajstić information content (AvgIpc) is 3.00. The molecule has 0 unspecified atom stereocenters. The third kappa shape index (κ3) is 4.52. The fourth-order valence-electron chi connectivity index (χ4n) is 3.81. The predicted octanol–water partition coefficient (Wildman–Crippen LogP) is 7.05. The zero-order valence-electron chi connectivity index (χ0n) is 18.9. The minimum Gasteiger partial charge on any atom is -0.316 e. The Labute approximate surface area is 210 Å². The maximum atomic E-state index is 13.4. The molecular weight excluding hydrogens is 523 g/mol. The molecule has 5 nitrogen and oxygen atoms in total. The Hall–Kier alpha value is -2.41. The van der Waals surface area contributed by atoms with Gasteiger partial charge in [0.2, 0.25) is 0 Å². The lowest BCUT2D eigenvalue weighted by Crippen LogP contribution is -2.29. The lowest BCUT2D eigenvalue weighted by Gasteiger charge is -2.20. The standard InChI is InChI=1S/C25H23BrCl2N4O/c1-14-10-16(15(2)31(14)22-9-7-18(27)12-20(22)28)13-29-32-23(33)19-11-17(26)6-8-21(19)30-24(32)25(3,4)5/h6-13H,1-5H3. The third-order valence-electron chi connectivity index (χ3n) is 5.41. The van der Waals surface area contributed by atoms with Crippen LogP contribution in [0.2, 0.25) is 10.0 Å². The summed E-state index contributed by atoms with van der Waals surface area (Å²) in [4.78, 5) is 18.1. The quantitative estimate of drug-likeness (QED) is 0.259. The van der Waals surface area contributed by atoms with Crippen molar-refractivity contribution in [1.29, 1.82) is 0 Å². The first-order valence-corrected chi connectivity index (χ1v) is 11.9. The Balaban J connectivity index is 1.87. The second-order valence-electron chi connectivity index (χ2n) is 8.97. The van der Waals surface area contributed by atoms with E-state index in [1.807, 2.05) is 69.5 Å². The lowest BCUT2D eigenvalue weighted by atomic mass is 9.95. The summed E-state index contributed by atoms with van der Waals surface area (Å²) in [6.07, 6.45) is 1.70. The highest BCUT2D eigenvalue weighted by Crippen LogP contribution is 2.29. The number of nitrogens with zero attached hydrogens (tertiary/aromatic N) is 4. The van der Waals surface area contributed by atoms with Crippen LogP contribution in [0, 0.1) is 13.8 Å². The van der Waals surface area contributed by atoms with Gasteiger partial charge in [-0.2, -0.15) is 9.78 Å². The first-order chi connectivity index (χ1) is 15.5. The molecule has 0 spiro atoms. The van der Waals surface area contributed by atoms with E-state index in [0.717, 1.165) is 27.1 Å². The number of benzene rings is 2. The van der Waals surface area contributed by atoms with Gasteiger partial charge in [0, 0.05) is 31.9 Å². The van der Waals surface area contributed by atoms with Gasteiger partial charge in [0.25, 0.3) is 5.56 Å². The maximum absolute atomic E-state index is 13.4. The number of hydrogen-bond acceptors (Lipinski definition) is 3. The molecular formula is C25H23BrCl2N4O. The summed E-state index contributed by atoms with van der Waals surface area (Å²) >= 11 is 16.0. The zero-order valence-corrected chi connectivity index (χ0v) is 22.0. The van der Waals surface area contributed by atoms with Crippen molar-refractivity contribution in [3.8, 4) is 5.69 Å². The first kappa shape index (κ1) is 23.7. The molecule has 0 fully saturated rings. The van der Waals surface area contributed by atoms with Crippen molar-refractivity contribution >= 4 is 56.2 Å². The highest BCUT2D eigenvalue weighted by molar-refractivity contribution is 9.10. The molecule has 0 aliphatic heterocycles. The van der Waals surface area contributed by atoms with Gasteiger partial charge < -0.3 is 4.57 Å². The number of fused-ring (bicyclic) bond motifs is 1. The molecule has 8 heteroatoms. The normalized spacial score (nSPS) is 12.2. The predicted molar refractivity (Wildman–Crippen MR) is 141 cm³/mol. The summed E-state index contributed by atoms with van der Waals surface area (Å²) in [5.41, 5.74) is 3.70. The molecule has 170 valence electrons. The van der Waals surface area contributed by atoms with Crippen molar-refractivity contribution in [2.75, 3.05) is 0 Å².